The Labute approximate surface area is 127 Å². The first-order chi connectivity index (χ1) is 9.53. The number of ketones is 1. The summed E-state index contributed by atoms with van der Waals surface area (Å²) < 4.78 is 16.3. The maximum atomic E-state index is 12.1. The molecule has 0 bridgehead atoms. The minimum Gasteiger partial charge on any atom is -0.466 e. The van der Waals surface area contributed by atoms with Gasteiger partial charge >= 0.3 is 5.97 Å². The van der Waals surface area contributed by atoms with Crippen molar-refractivity contribution < 1.29 is 23.5 Å². The van der Waals surface area contributed by atoms with E-state index >= 15 is 0 Å². The quantitative estimate of drug-likeness (QED) is 0.589. The van der Waals surface area contributed by atoms with Crippen molar-refractivity contribution in [3.05, 3.63) is 11.6 Å². The van der Waals surface area contributed by atoms with Crippen molar-refractivity contribution in [3.63, 3.8) is 0 Å². The molecule has 0 unspecified atom stereocenters. The van der Waals surface area contributed by atoms with Crippen molar-refractivity contribution in [1.82, 2.24) is 0 Å². The Kier molecular flexibility index (Phi) is 5.52. The van der Waals surface area contributed by atoms with Crippen LogP contribution in [-0.2, 0) is 23.5 Å². The summed E-state index contributed by atoms with van der Waals surface area (Å²) in [6.45, 7) is 10.6. The standard InChI is InChI=1S/C15H26O5Si/c1-15(2,3)21(6,7)20-12-9-10(14(17)19-5)8-11(16)13(12)18-4/h8,12-13H,9H2,1-7H3/t12-,13-/m1/s1. The zero-order chi connectivity index (χ0) is 16.4. The van der Waals surface area contributed by atoms with Crippen molar-refractivity contribution in [2.45, 2.75) is 57.5 Å². The number of ether oxygens (including phenoxy) is 2. The molecule has 1 rings (SSSR count). The molecule has 0 aromatic rings. The van der Waals surface area contributed by atoms with Gasteiger partial charge in [0.05, 0.1) is 13.2 Å². The van der Waals surface area contributed by atoms with Crippen LogP contribution in [0.5, 0.6) is 0 Å². The van der Waals surface area contributed by atoms with Crippen LogP contribution in [0, 0.1) is 0 Å². The highest BCUT2D eigenvalue weighted by Crippen LogP contribution is 2.39. The first-order valence-corrected chi connectivity index (χ1v) is 9.97. The maximum absolute atomic E-state index is 12.1. The van der Waals surface area contributed by atoms with E-state index in [4.69, 9.17) is 13.9 Å². The van der Waals surface area contributed by atoms with Crippen molar-refractivity contribution in [2.75, 3.05) is 14.2 Å². The number of carbonyl (C=O) groups excluding carboxylic acids is 2. The van der Waals surface area contributed by atoms with Gasteiger partial charge in [-0.2, -0.15) is 0 Å². The molecule has 120 valence electrons. The highest BCUT2D eigenvalue weighted by Gasteiger charge is 2.44. The number of carbonyl (C=O) groups is 2. The zero-order valence-corrected chi connectivity index (χ0v) is 15.0. The Hall–Kier alpha value is -0.983. The van der Waals surface area contributed by atoms with E-state index in [0.29, 0.717) is 12.0 Å². The van der Waals surface area contributed by atoms with Crippen LogP contribution in [0.25, 0.3) is 0 Å². The molecule has 5 nitrogen and oxygen atoms in total. The summed E-state index contributed by atoms with van der Waals surface area (Å²) >= 11 is 0. The monoisotopic (exact) mass is 314 g/mol. The third kappa shape index (κ3) is 4.02. The molecule has 0 aromatic carbocycles. The minimum atomic E-state index is -2.07. The molecule has 0 spiro atoms. The van der Waals surface area contributed by atoms with Gasteiger partial charge in [0.15, 0.2) is 14.1 Å². The van der Waals surface area contributed by atoms with Gasteiger partial charge in [0.2, 0.25) is 0 Å². The van der Waals surface area contributed by atoms with Gasteiger partial charge < -0.3 is 13.9 Å². The van der Waals surface area contributed by atoms with Gasteiger partial charge in [0.25, 0.3) is 0 Å². The van der Waals surface area contributed by atoms with Gasteiger partial charge in [0, 0.05) is 19.1 Å². The van der Waals surface area contributed by atoms with Crippen LogP contribution in [0.15, 0.2) is 11.6 Å². The Morgan fingerprint density at radius 3 is 2.29 bits per heavy atom. The fraction of sp³-hybridized carbons (Fsp3) is 0.733. The van der Waals surface area contributed by atoms with E-state index in [2.05, 4.69) is 33.9 Å². The Bertz CT molecular complexity index is 447. The zero-order valence-electron chi connectivity index (χ0n) is 14.0. The van der Waals surface area contributed by atoms with Gasteiger partial charge in [-0.15, -0.1) is 0 Å². The van der Waals surface area contributed by atoms with Crippen LogP contribution in [0.2, 0.25) is 18.1 Å². The van der Waals surface area contributed by atoms with Crippen molar-refractivity contribution >= 4 is 20.1 Å². The molecule has 2 atom stereocenters. The molecule has 0 aromatic heterocycles. The molecule has 1 aliphatic rings. The first-order valence-electron chi connectivity index (χ1n) is 7.07. The van der Waals surface area contributed by atoms with E-state index in [1.54, 1.807) is 0 Å². The molecule has 0 saturated carbocycles. The second kappa shape index (κ2) is 6.42. The van der Waals surface area contributed by atoms with Gasteiger partial charge in [-0.05, 0) is 24.2 Å². The molecule has 0 fully saturated rings. The van der Waals surface area contributed by atoms with Crippen LogP contribution in [0.3, 0.4) is 0 Å². The fourth-order valence-electron chi connectivity index (χ4n) is 2.02. The second-order valence-corrected chi connectivity index (χ2v) is 11.6. The second-order valence-electron chi connectivity index (χ2n) is 6.84. The minimum absolute atomic E-state index is 0.0148. The van der Waals surface area contributed by atoms with E-state index in [0.717, 1.165) is 0 Å². The lowest BCUT2D eigenvalue weighted by Crippen LogP contribution is -2.50. The van der Waals surface area contributed by atoms with E-state index in [9.17, 15) is 9.59 Å². The lowest BCUT2D eigenvalue weighted by atomic mass is 9.93. The van der Waals surface area contributed by atoms with Gasteiger partial charge in [0.1, 0.15) is 6.10 Å². The van der Waals surface area contributed by atoms with Crippen molar-refractivity contribution in [2.24, 2.45) is 0 Å². The number of hydrogen-bond donors (Lipinski definition) is 0. The average molecular weight is 314 g/mol. The number of hydrogen-bond acceptors (Lipinski definition) is 5. The van der Waals surface area contributed by atoms with Crippen LogP contribution in [0.1, 0.15) is 27.2 Å². The van der Waals surface area contributed by atoms with E-state index in [1.165, 1.54) is 20.3 Å². The molecular weight excluding hydrogens is 288 g/mol. The summed E-state index contributed by atoms with van der Waals surface area (Å²) in [5.41, 5.74) is 0.347. The molecule has 6 heteroatoms. The predicted octanol–water partition coefficient (Wildman–Crippen LogP) is 2.46. The van der Waals surface area contributed by atoms with Gasteiger partial charge in [-0.3, -0.25) is 4.79 Å². The highest BCUT2D eigenvalue weighted by atomic mass is 28.4. The number of methoxy groups -OCH3 is 2. The Balaban J connectivity index is 3.02. The van der Waals surface area contributed by atoms with Crippen LogP contribution in [0.4, 0.5) is 0 Å². The van der Waals surface area contributed by atoms with Gasteiger partial charge in [-0.25, -0.2) is 4.79 Å². The molecule has 0 saturated heterocycles. The van der Waals surface area contributed by atoms with Crippen molar-refractivity contribution in [1.29, 1.82) is 0 Å². The van der Waals surface area contributed by atoms with E-state index < -0.39 is 26.5 Å². The summed E-state index contributed by atoms with van der Waals surface area (Å²) in [6.07, 6.45) is 0.546. The first kappa shape index (κ1) is 18.1. The number of esters is 1. The molecular formula is C15H26O5Si. The predicted molar refractivity (Wildman–Crippen MR) is 82.6 cm³/mol. The average Bonchev–Trinajstić information content (AvgIpc) is 2.35. The summed E-state index contributed by atoms with van der Waals surface area (Å²) in [4.78, 5) is 23.8. The molecule has 0 radical (unpaired) electrons. The molecule has 0 aliphatic heterocycles. The molecule has 0 heterocycles. The molecule has 0 amide bonds. The molecule has 1 aliphatic carbocycles. The van der Waals surface area contributed by atoms with E-state index in [-0.39, 0.29) is 10.8 Å². The van der Waals surface area contributed by atoms with Crippen molar-refractivity contribution in [3.8, 4) is 0 Å². The Morgan fingerprint density at radius 2 is 1.86 bits per heavy atom. The van der Waals surface area contributed by atoms with Gasteiger partial charge in [-0.1, -0.05) is 20.8 Å². The van der Waals surface area contributed by atoms with Crippen LogP contribution in [-0.4, -0.2) is 46.5 Å². The van der Waals surface area contributed by atoms with Crippen LogP contribution < -0.4 is 0 Å². The smallest absolute Gasteiger partial charge is 0.333 e. The topological polar surface area (TPSA) is 61.8 Å². The lowest BCUT2D eigenvalue weighted by molar-refractivity contribution is -0.139. The lowest BCUT2D eigenvalue weighted by Gasteiger charge is -2.41. The normalized spacial score (nSPS) is 23.8. The summed E-state index contributed by atoms with van der Waals surface area (Å²) in [7, 11) is 0.727. The maximum Gasteiger partial charge on any atom is 0.333 e. The molecule has 21 heavy (non-hydrogen) atoms. The fourth-order valence-corrected chi connectivity index (χ4v) is 3.34. The summed E-state index contributed by atoms with van der Waals surface area (Å²) in [5.74, 6) is -0.727. The highest BCUT2D eigenvalue weighted by molar-refractivity contribution is 6.74. The Morgan fingerprint density at radius 1 is 1.29 bits per heavy atom. The summed E-state index contributed by atoms with van der Waals surface area (Å²) in [5, 5.41) is 0.0148. The third-order valence-electron chi connectivity index (χ3n) is 4.31. The molecule has 0 N–H and O–H groups in total. The summed E-state index contributed by atoms with van der Waals surface area (Å²) in [6, 6.07) is 0. The number of rotatable bonds is 4. The third-order valence-corrected chi connectivity index (χ3v) is 8.81. The van der Waals surface area contributed by atoms with E-state index in [1.807, 2.05) is 0 Å². The SMILES string of the molecule is COC(=O)C1=CC(=O)[C@@H](OC)[C@H](O[Si](C)(C)C(C)(C)C)C1. The largest absolute Gasteiger partial charge is 0.466 e. The van der Waals surface area contributed by atoms with Crippen LogP contribution >= 0.6 is 0 Å².